The number of nitro benzene ring substituents is 1. The molecule has 2 rings (SSSR count). The van der Waals surface area contributed by atoms with Gasteiger partial charge in [-0.25, -0.2) is 0 Å². The fourth-order valence-corrected chi connectivity index (χ4v) is 2.15. The highest BCUT2D eigenvalue weighted by Crippen LogP contribution is 2.33. The summed E-state index contributed by atoms with van der Waals surface area (Å²) in [4.78, 5) is 10.7. The Bertz CT molecular complexity index is 789. The number of ether oxygens (including phenoxy) is 2. The van der Waals surface area contributed by atoms with Crippen molar-refractivity contribution >= 4 is 34.0 Å². The molecule has 8 heteroatoms. The van der Waals surface area contributed by atoms with Crippen LogP contribution in [-0.4, -0.2) is 31.6 Å². The smallest absolute Gasteiger partial charge is 0.282 e. The molecule has 0 amide bonds. The van der Waals surface area contributed by atoms with Crippen molar-refractivity contribution in [3.63, 3.8) is 0 Å². The van der Waals surface area contributed by atoms with Gasteiger partial charge in [-0.15, -0.1) is 0 Å². The molecule has 0 saturated carbocycles. The Morgan fingerprint density at radius 3 is 2.21 bits per heavy atom. The Kier molecular flexibility index (Phi) is 6.02. The highest BCUT2D eigenvalue weighted by atomic mass is 79.9. The lowest BCUT2D eigenvalue weighted by Gasteiger charge is -2.08. The number of hydrogen-bond acceptors (Lipinski definition) is 6. The minimum atomic E-state index is -0.512. The van der Waals surface area contributed by atoms with Gasteiger partial charge in [0.15, 0.2) is 11.5 Å². The molecule has 0 spiro atoms. The second-order valence-corrected chi connectivity index (χ2v) is 5.48. The van der Waals surface area contributed by atoms with Crippen LogP contribution in [0.4, 0.5) is 5.69 Å². The number of benzene rings is 2. The third-order valence-corrected chi connectivity index (χ3v) is 3.60. The van der Waals surface area contributed by atoms with Crippen molar-refractivity contribution in [1.29, 1.82) is 0 Å². The molecule has 0 aromatic heterocycles. The summed E-state index contributed by atoms with van der Waals surface area (Å²) in [5, 5.41) is 18.9. The van der Waals surface area contributed by atoms with E-state index in [-0.39, 0.29) is 17.0 Å². The van der Waals surface area contributed by atoms with Crippen molar-refractivity contribution in [3.8, 4) is 11.5 Å². The molecule has 0 aliphatic rings. The van der Waals surface area contributed by atoms with Gasteiger partial charge in [0.2, 0.25) is 0 Å². The van der Waals surface area contributed by atoms with Gasteiger partial charge in [-0.2, -0.15) is 10.2 Å². The Morgan fingerprint density at radius 1 is 1.04 bits per heavy atom. The molecule has 7 nitrogen and oxygen atoms in total. The number of hydrogen-bond donors (Lipinski definition) is 0. The molecule has 0 saturated heterocycles. The van der Waals surface area contributed by atoms with E-state index in [2.05, 4.69) is 26.1 Å². The minimum absolute atomic E-state index is 0.143. The first-order valence-electron chi connectivity index (χ1n) is 6.77. The Hall–Kier alpha value is -2.74. The zero-order valence-corrected chi connectivity index (χ0v) is 14.6. The summed E-state index contributed by atoms with van der Waals surface area (Å²) >= 11 is 3.34. The van der Waals surface area contributed by atoms with E-state index in [1.807, 2.05) is 24.3 Å². The predicted octanol–water partition coefficient (Wildman–Crippen LogP) is 3.83. The maximum atomic E-state index is 11.2. The monoisotopic (exact) mass is 391 g/mol. The first-order chi connectivity index (χ1) is 11.5. The Morgan fingerprint density at radius 2 is 1.62 bits per heavy atom. The first kappa shape index (κ1) is 17.6. The second kappa shape index (κ2) is 8.21. The normalized spacial score (nSPS) is 11.1. The van der Waals surface area contributed by atoms with Gasteiger partial charge in [-0.3, -0.25) is 10.1 Å². The lowest BCUT2D eigenvalue weighted by molar-refractivity contribution is -0.385. The van der Waals surface area contributed by atoms with Crippen LogP contribution in [0.2, 0.25) is 0 Å². The van der Waals surface area contributed by atoms with Crippen LogP contribution in [0.5, 0.6) is 11.5 Å². The number of nitrogens with zero attached hydrogens (tertiary/aromatic N) is 3. The summed E-state index contributed by atoms with van der Waals surface area (Å²) in [6.45, 7) is 0. The minimum Gasteiger partial charge on any atom is -0.493 e. The first-order valence-corrected chi connectivity index (χ1v) is 7.57. The molecule has 2 aromatic carbocycles. The molecule has 0 heterocycles. The third kappa shape index (κ3) is 4.39. The molecule has 0 N–H and O–H groups in total. The van der Waals surface area contributed by atoms with Gasteiger partial charge in [0, 0.05) is 4.47 Å². The van der Waals surface area contributed by atoms with Gasteiger partial charge in [-0.1, -0.05) is 28.1 Å². The van der Waals surface area contributed by atoms with E-state index in [4.69, 9.17) is 9.47 Å². The highest BCUT2D eigenvalue weighted by Gasteiger charge is 2.18. The van der Waals surface area contributed by atoms with E-state index in [0.29, 0.717) is 5.75 Å². The third-order valence-electron chi connectivity index (χ3n) is 3.07. The summed E-state index contributed by atoms with van der Waals surface area (Å²) in [5.74, 6) is 0.654. The van der Waals surface area contributed by atoms with Crippen LogP contribution >= 0.6 is 15.9 Å². The molecule has 0 aliphatic heterocycles. The fraction of sp³-hybridized carbons (Fsp3) is 0.125. The maximum Gasteiger partial charge on any atom is 0.282 e. The van der Waals surface area contributed by atoms with Crippen molar-refractivity contribution < 1.29 is 14.4 Å². The van der Waals surface area contributed by atoms with Crippen LogP contribution in [-0.2, 0) is 0 Å². The number of nitro groups is 1. The Balaban J connectivity index is 2.27. The molecular weight excluding hydrogens is 378 g/mol. The average Bonchev–Trinajstić information content (AvgIpc) is 2.59. The topological polar surface area (TPSA) is 86.3 Å². The summed E-state index contributed by atoms with van der Waals surface area (Å²) in [7, 11) is 2.87. The summed E-state index contributed by atoms with van der Waals surface area (Å²) in [6, 6.07) is 10.3. The second-order valence-electron chi connectivity index (χ2n) is 4.56. The van der Waals surface area contributed by atoms with Crippen molar-refractivity contribution in [2.24, 2.45) is 10.2 Å². The average molecular weight is 392 g/mol. The van der Waals surface area contributed by atoms with Crippen LogP contribution in [0.25, 0.3) is 0 Å². The Labute approximate surface area is 146 Å². The molecule has 0 unspecified atom stereocenters. The zero-order valence-electron chi connectivity index (χ0n) is 13.0. The molecule has 124 valence electrons. The molecule has 0 fully saturated rings. The van der Waals surface area contributed by atoms with Crippen molar-refractivity contribution in [3.05, 3.63) is 62.1 Å². The summed E-state index contributed by atoms with van der Waals surface area (Å²) < 4.78 is 11.2. The van der Waals surface area contributed by atoms with Gasteiger partial charge >= 0.3 is 0 Å². The summed E-state index contributed by atoms with van der Waals surface area (Å²) in [5.41, 5.74) is 0.984. The van der Waals surface area contributed by atoms with E-state index in [1.165, 1.54) is 32.6 Å². The lowest BCUT2D eigenvalue weighted by Crippen LogP contribution is -1.98. The quantitative estimate of drug-likeness (QED) is 0.425. The van der Waals surface area contributed by atoms with E-state index in [9.17, 15) is 10.1 Å². The molecule has 2 aromatic rings. The predicted molar refractivity (Wildman–Crippen MR) is 95.5 cm³/mol. The van der Waals surface area contributed by atoms with Crippen LogP contribution < -0.4 is 9.47 Å². The van der Waals surface area contributed by atoms with Crippen molar-refractivity contribution in [2.45, 2.75) is 0 Å². The van der Waals surface area contributed by atoms with Crippen molar-refractivity contribution in [2.75, 3.05) is 14.2 Å². The van der Waals surface area contributed by atoms with Gasteiger partial charge < -0.3 is 9.47 Å². The highest BCUT2D eigenvalue weighted by molar-refractivity contribution is 9.10. The van der Waals surface area contributed by atoms with Gasteiger partial charge in [-0.05, 0) is 23.8 Å². The SMILES string of the molecule is COc1cc(/C=N/N=C/c2ccc(Br)cc2)c([N+](=O)[O-])cc1OC. The molecular formula is C16H14BrN3O4. The van der Waals surface area contributed by atoms with Gasteiger partial charge in [0.1, 0.15) is 0 Å². The van der Waals surface area contributed by atoms with E-state index in [1.54, 1.807) is 6.21 Å². The standard InChI is InChI=1S/C16H14BrN3O4/c1-23-15-7-12(14(20(21)22)8-16(15)24-2)10-19-18-9-11-3-5-13(17)6-4-11/h3-10H,1-2H3/b18-9+,19-10+. The van der Waals surface area contributed by atoms with E-state index < -0.39 is 4.92 Å². The van der Waals surface area contributed by atoms with E-state index >= 15 is 0 Å². The molecule has 0 atom stereocenters. The molecule has 0 bridgehead atoms. The van der Waals surface area contributed by atoms with Crippen LogP contribution in [0.15, 0.2) is 51.1 Å². The van der Waals surface area contributed by atoms with Gasteiger partial charge in [0.25, 0.3) is 5.69 Å². The van der Waals surface area contributed by atoms with E-state index in [0.717, 1.165) is 10.0 Å². The van der Waals surface area contributed by atoms with Crippen LogP contribution in [0.1, 0.15) is 11.1 Å². The van der Waals surface area contributed by atoms with Gasteiger partial charge in [0.05, 0.1) is 43.2 Å². The van der Waals surface area contributed by atoms with Crippen LogP contribution in [0.3, 0.4) is 0 Å². The zero-order chi connectivity index (χ0) is 17.5. The molecule has 0 radical (unpaired) electrons. The fourth-order valence-electron chi connectivity index (χ4n) is 1.89. The number of halogens is 1. The molecule has 0 aliphatic carbocycles. The maximum absolute atomic E-state index is 11.2. The lowest BCUT2D eigenvalue weighted by atomic mass is 10.1. The number of methoxy groups -OCH3 is 2. The number of rotatable bonds is 6. The van der Waals surface area contributed by atoms with Crippen LogP contribution in [0, 0.1) is 10.1 Å². The largest absolute Gasteiger partial charge is 0.493 e. The summed E-state index contributed by atoms with van der Waals surface area (Å²) in [6.07, 6.45) is 2.85. The molecule has 24 heavy (non-hydrogen) atoms. The van der Waals surface area contributed by atoms with Crippen molar-refractivity contribution in [1.82, 2.24) is 0 Å².